The second-order valence-electron chi connectivity index (χ2n) is 6.51. The normalized spacial score (nSPS) is 21.2. The molecular weight excluding hydrogens is 274 g/mol. The van der Waals surface area contributed by atoms with E-state index >= 15 is 0 Å². The number of hydrogen-bond acceptors (Lipinski definition) is 4. The average molecular weight is 303 g/mol. The Labute approximate surface area is 134 Å². The highest BCUT2D eigenvalue weighted by Gasteiger charge is 2.13. The van der Waals surface area contributed by atoms with Gasteiger partial charge in [-0.1, -0.05) is 12.1 Å². The Kier molecular flexibility index (Phi) is 5.70. The van der Waals surface area contributed by atoms with Gasteiger partial charge in [-0.15, -0.1) is 0 Å². The molecule has 4 heteroatoms. The fourth-order valence-corrected chi connectivity index (χ4v) is 3.27. The third kappa shape index (κ3) is 4.45. The Morgan fingerprint density at radius 2 is 1.59 bits per heavy atom. The van der Waals surface area contributed by atoms with Gasteiger partial charge in [-0.2, -0.15) is 0 Å². The predicted octanol–water partition coefficient (Wildman–Crippen LogP) is 1.70. The highest BCUT2D eigenvalue weighted by molar-refractivity contribution is 5.47. The van der Waals surface area contributed by atoms with E-state index < -0.39 is 0 Å². The van der Waals surface area contributed by atoms with Crippen LogP contribution in [0.3, 0.4) is 0 Å². The third-order valence-corrected chi connectivity index (χ3v) is 4.85. The van der Waals surface area contributed by atoms with E-state index in [2.05, 4.69) is 46.0 Å². The topological polar surface area (TPSA) is 19.0 Å². The molecule has 122 valence electrons. The Bertz CT molecular complexity index is 434. The molecular formula is C18H29N3O. The van der Waals surface area contributed by atoms with E-state index in [-0.39, 0.29) is 0 Å². The number of likely N-dealkylation sites (N-methyl/N-ethyl adjacent to an activating group) is 1. The molecule has 0 unspecified atom stereocenters. The van der Waals surface area contributed by atoms with Crippen molar-refractivity contribution in [3.05, 3.63) is 29.8 Å². The van der Waals surface area contributed by atoms with E-state index in [0.717, 1.165) is 26.3 Å². The molecule has 2 fully saturated rings. The number of morpholine rings is 1. The largest absolute Gasteiger partial charge is 0.378 e. The molecule has 2 aliphatic rings. The summed E-state index contributed by atoms with van der Waals surface area (Å²) in [7, 11) is 2.22. The second kappa shape index (κ2) is 7.95. The van der Waals surface area contributed by atoms with Gasteiger partial charge in [0.15, 0.2) is 0 Å². The number of aryl methyl sites for hydroxylation is 1. The maximum atomic E-state index is 5.41. The van der Waals surface area contributed by atoms with Gasteiger partial charge in [0, 0.05) is 45.0 Å². The first-order valence-electron chi connectivity index (χ1n) is 8.64. The number of benzene rings is 1. The van der Waals surface area contributed by atoms with Gasteiger partial charge in [0.05, 0.1) is 13.2 Å². The maximum Gasteiger partial charge on any atom is 0.0642 e. The van der Waals surface area contributed by atoms with Crippen LogP contribution in [0, 0.1) is 0 Å². The summed E-state index contributed by atoms with van der Waals surface area (Å²) >= 11 is 0. The molecule has 0 spiro atoms. The van der Waals surface area contributed by atoms with Crippen molar-refractivity contribution in [2.75, 3.05) is 71.0 Å². The maximum absolute atomic E-state index is 5.41. The van der Waals surface area contributed by atoms with Gasteiger partial charge >= 0.3 is 0 Å². The molecule has 2 aliphatic heterocycles. The SMILES string of the molecule is CN1CCN(CCCc2ccc(N3CCOCC3)cc2)CC1. The Hall–Kier alpha value is -1.10. The summed E-state index contributed by atoms with van der Waals surface area (Å²) in [5, 5.41) is 0. The first kappa shape index (κ1) is 15.8. The van der Waals surface area contributed by atoms with Crippen LogP contribution in [0.4, 0.5) is 5.69 Å². The van der Waals surface area contributed by atoms with Crippen LogP contribution < -0.4 is 4.90 Å². The molecule has 0 amide bonds. The van der Waals surface area contributed by atoms with Crippen molar-refractivity contribution in [3.63, 3.8) is 0 Å². The first-order valence-corrected chi connectivity index (χ1v) is 8.64. The molecule has 1 aromatic rings. The fourth-order valence-electron chi connectivity index (χ4n) is 3.27. The number of piperazine rings is 1. The molecule has 22 heavy (non-hydrogen) atoms. The van der Waals surface area contributed by atoms with E-state index in [1.165, 1.54) is 56.8 Å². The van der Waals surface area contributed by atoms with Crippen LogP contribution in [0.1, 0.15) is 12.0 Å². The lowest BCUT2D eigenvalue weighted by Gasteiger charge is -2.32. The second-order valence-corrected chi connectivity index (χ2v) is 6.51. The van der Waals surface area contributed by atoms with Crippen LogP contribution in [0.15, 0.2) is 24.3 Å². The molecule has 2 heterocycles. The van der Waals surface area contributed by atoms with Crippen LogP contribution in [-0.4, -0.2) is 75.9 Å². The lowest BCUT2D eigenvalue weighted by molar-refractivity contribution is 0.122. The quantitative estimate of drug-likeness (QED) is 0.824. The summed E-state index contributed by atoms with van der Waals surface area (Å²) < 4.78 is 5.41. The van der Waals surface area contributed by atoms with E-state index in [4.69, 9.17) is 4.74 Å². The minimum atomic E-state index is 0.854. The van der Waals surface area contributed by atoms with E-state index in [1.807, 2.05) is 0 Å². The van der Waals surface area contributed by atoms with Crippen molar-refractivity contribution in [2.24, 2.45) is 0 Å². The molecule has 0 bridgehead atoms. The van der Waals surface area contributed by atoms with Crippen molar-refractivity contribution in [1.82, 2.24) is 9.80 Å². The van der Waals surface area contributed by atoms with Gasteiger partial charge < -0.3 is 19.4 Å². The number of anilines is 1. The Balaban J connectivity index is 1.41. The van der Waals surface area contributed by atoms with Crippen molar-refractivity contribution in [3.8, 4) is 0 Å². The number of nitrogens with zero attached hydrogens (tertiary/aromatic N) is 3. The molecule has 0 saturated carbocycles. The van der Waals surface area contributed by atoms with Crippen LogP contribution in [-0.2, 0) is 11.2 Å². The van der Waals surface area contributed by atoms with Crippen LogP contribution in [0.25, 0.3) is 0 Å². The summed E-state index contributed by atoms with van der Waals surface area (Å²) in [4.78, 5) is 7.43. The predicted molar refractivity (Wildman–Crippen MR) is 91.7 cm³/mol. The van der Waals surface area contributed by atoms with Gasteiger partial charge in [-0.3, -0.25) is 0 Å². The molecule has 1 aromatic carbocycles. The lowest BCUT2D eigenvalue weighted by atomic mass is 10.1. The van der Waals surface area contributed by atoms with Gasteiger partial charge in [0.2, 0.25) is 0 Å². The smallest absolute Gasteiger partial charge is 0.0642 e. The van der Waals surface area contributed by atoms with Crippen LogP contribution >= 0.6 is 0 Å². The zero-order valence-corrected chi connectivity index (χ0v) is 13.8. The molecule has 0 atom stereocenters. The molecule has 4 nitrogen and oxygen atoms in total. The highest BCUT2D eigenvalue weighted by atomic mass is 16.5. The van der Waals surface area contributed by atoms with Crippen molar-refractivity contribution >= 4 is 5.69 Å². The molecule has 0 aliphatic carbocycles. The van der Waals surface area contributed by atoms with Gasteiger partial charge in [-0.25, -0.2) is 0 Å². The molecule has 0 aromatic heterocycles. The van der Waals surface area contributed by atoms with Crippen molar-refractivity contribution < 1.29 is 4.74 Å². The van der Waals surface area contributed by atoms with Gasteiger partial charge in [-0.05, 0) is 44.1 Å². The molecule has 3 rings (SSSR count). The average Bonchev–Trinajstić information content (AvgIpc) is 2.58. The van der Waals surface area contributed by atoms with Gasteiger partial charge in [0.1, 0.15) is 0 Å². The summed E-state index contributed by atoms with van der Waals surface area (Å²) in [5.74, 6) is 0. The van der Waals surface area contributed by atoms with E-state index in [1.54, 1.807) is 0 Å². The van der Waals surface area contributed by atoms with Crippen LogP contribution in [0.5, 0.6) is 0 Å². The minimum Gasteiger partial charge on any atom is -0.378 e. The number of rotatable bonds is 5. The Morgan fingerprint density at radius 1 is 0.909 bits per heavy atom. The highest BCUT2D eigenvalue weighted by Crippen LogP contribution is 2.17. The first-order chi connectivity index (χ1) is 10.8. The fraction of sp³-hybridized carbons (Fsp3) is 0.667. The van der Waals surface area contributed by atoms with Crippen molar-refractivity contribution in [2.45, 2.75) is 12.8 Å². The van der Waals surface area contributed by atoms with Crippen molar-refractivity contribution in [1.29, 1.82) is 0 Å². The van der Waals surface area contributed by atoms with E-state index in [0.29, 0.717) is 0 Å². The lowest BCUT2D eigenvalue weighted by Crippen LogP contribution is -2.44. The Morgan fingerprint density at radius 3 is 2.27 bits per heavy atom. The third-order valence-electron chi connectivity index (χ3n) is 4.85. The molecule has 0 radical (unpaired) electrons. The zero-order chi connectivity index (χ0) is 15.2. The molecule has 2 saturated heterocycles. The van der Waals surface area contributed by atoms with E-state index in [9.17, 15) is 0 Å². The summed E-state index contributed by atoms with van der Waals surface area (Å²) in [6.45, 7) is 9.87. The minimum absolute atomic E-state index is 0.854. The standard InChI is InChI=1S/C18H29N3O/c1-19-9-11-20(12-10-19)8-2-3-17-4-6-18(7-5-17)21-13-15-22-16-14-21/h4-7H,2-3,8-16H2,1H3. The van der Waals surface area contributed by atoms with Crippen LogP contribution in [0.2, 0.25) is 0 Å². The number of ether oxygens (including phenoxy) is 1. The zero-order valence-electron chi connectivity index (χ0n) is 13.8. The van der Waals surface area contributed by atoms with Gasteiger partial charge in [0.25, 0.3) is 0 Å². The molecule has 0 N–H and O–H groups in total. The number of hydrogen-bond donors (Lipinski definition) is 0. The monoisotopic (exact) mass is 303 g/mol. The summed E-state index contributed by atoms with van der Waals surface area (Å²) in [5.41, 5.74) is 2.80. The summed E-state index contributed by atoms with van der Waals surface area (Å²) in [6.07, 6.45) is 2.45. The summed E-state index contributed by atoms with van der Waals surface area (Å²) in [6, 6.07) is 9.15.